The molecule has 0 spiro atoms. The summed E-state index contributed by atoms with van der Waals surface area (Å²) in [5.74, 6) is 1.04. The summed E-state index contributed by atoms with van der Waals surface area (Å²) in [6.07, 6.45) is 1.79. The summed E-state index contributed by atoms with van der Waals surface area (Å²) in [6, 6.07) is 11.7. The number of halogens is 1. The lowest BCUT2D eigenvalue weighted by Crippen LogP contribution is -1.99. The molecule has 3 heteroatoms. The highest BCUT2D eigenvalue weighted by Crippen LogP contribution is 2.36. The number of ketones is 1. The number of hydrogen-bond acceptors (Lipinski definition) is 2. The highest BCUT2D eigenvalue weighted by molar-refractivity contribution is 9.10. The van der Waals surface area contributed by atoms with E-state index in [0.29, 0.717) is 17.1 Å². The van der Waals surface area contributed by atoms with Crippen LogP contribution < -0.4 is 4.74 Å². The molecule has 0 fully saturated rings. The summed E-state index contributed by atoms with van der Waals surface area (Å²) in [6.45, 7) is 3.89. The van der Waals surface area contributed by atoms with Crippen molar-refractivity contribution in [3.05, 3.63) is 68.9 Å². The fourth-order valence-electron chi connectivity index (χ4n) is 2.28. The van der Waals surface area contributed by atoms with Crippen molar-refractivity contribution in [2.24, 2.45) is 0 Å². The Morgan fingerprint density at radius 1 is 1.00 bits per heavy atom. The van der Waals surface area contributed by atoms with Gasteiger partial charge in [-0.05, 0) is 48.7 Å². The molecule has 1 heterocycles. The average molecular weight is 329 g/mol. The predicted octanol–water partition coefficient (Wildman–Crippen LogP) is 4.68. The number of ether oxygens (including phenoxy) is 1. The molecule has 0 unspecified atom stereocenters. The predicted molar refractivity (Wildman–Crippen MR) is 83.0 cm³/mol. The number of hydrogen-bond donors (Lipinski definition) is 0. The second-order valence-electron chi connectivity index (χ2n) is 4.89. The van der Waals surface area contributed by atoms with Gasteiger partial charge in [0.2, 0.25) is 5.78 Å². The van der Waals surface area contributed by atoms with Crippen molar-refractivity contribution in [3.8, 4) is 5.75 Å². The van der Waals surface area contributed by atoms with Crippen molar-refractivity contribution >= 4 is 27.8 Å². The molecule has 2 aromatic carbocycles. The molecule has 0 bridgehead atoms. The van der Waals surface area contributed by atoms with Crippen molar-refractivity contribution in [1.82, 2.24) is 0 Å². The topological polar surface area (TPSA) is 26.3 Å². The minimum Gasteiger partial charge on any atom is -0.452 e. The Bertz CT molecular complexity index is 727. The van der Waals surface area contributed by atoms with Crippen LogP contribution in [-0.4, -0.2) is 5.78 Å². The lowest BCUT2D eigenvalue weighted by molar-refractivity contribution is 0.101. The van der Waals surface area contributed by atoms with Gasteiger partial charge >= 0.3 is 0 Å². The van der Waals surface area contributed by atoms with Gasteiger partial charge < -0.3 is 4.74 Å². The van der Waals surface area contributed by atoms with Gasteiger partial charge in [-0.1, -0.05) is 40.2 Å². The van der Waals surface area contributed by atoms with Crippen LogP contribution in [0.2, 0.25) is 0 Å². The van der Waals surface area contributed by atoms with Crippen LogP contribution in [0.3, 0.4) is 0 Å². The van der Waals surface area contributed by atoms with Crippen LogP contribution in [0.1, 0.15) is 27.0 Å². The molecule has 0 amide bonds. The van der Waals surface area contributed by atoms with E-state index in [2.05, 4.69) is 15.9 Å². The zero-order valence-electron chi connectivity index (χ0n) is 11.2. The van der Waals surface area contributed by atoms with E-state index in [1.807, 2.05) is 50.2 Å². The first-order chi connectivity index (χ1) is 9.56. The van der Waals surface area contributed by atoms with Crippen molar-refractivity contribution in [1.29, 1.82) is 0 Å². The molecule has 0 N–H and O–H groups in total. The maximum atomic E-state index is 12.4. The highest BCUT2D eigenvalue weighted by Gasteiger charge is 2.30. The van der Waals surface area contributed by atoms with Crippen molar-refractivity contribution in [3.63, 3.8) is 0 Å². The number of carbonyl (C=O) groups excluding carboxylic acids is 1. The van der Waals surface area contributed by atoms with Crippen LogP contribution in [0, 0.1) is 13.8 Å². The van der Waals surface area contributed by atoms with Crippen LogP contribution in [0.5, 0.6) is 5.75 Å². The first-order valence-electron chi connectivity index (χ1n) is 6.36. The fourth-order valence-corrected chi connectivity index (χ4v) is 2.55. The van der Waals surface area contributed by atoms with E-state index in [1.165, 1.54) is 0 Å². The van der Waals surface area contributed by atoms with E-state index in [0.717, 1.165) is 21.2 Å². The Labute approximate surface area is 126 Å². The van der Waals surface area contributed by atoms with Gasteiger partial charge in [0, 0.05) is 4.47 Å². The quantitative estimate of drug-likeness (QED) is 0.710. The molecule has 0 aromatic heterocycles. The van der Waals surface area contributed by atoms with E-state index in [4.69, 9.17) is 4.74 Å². The molecular weight excluding hydrogens is 316 g/mol. The fraction of sp³-hybridized carbons (Fsp3) is 0.118. The first kappa shape index (κ1) is 13.1. The lowest BCUT2D eigenvalue weighted by atomic mass is 10.0. The third-order valence-corrected chi connectivity index (χ3v) is 3.92. The normalized spacial score (nSPS) is 15.3. The van der Waals surface area contributed by atoms with Gasteiger partial charge in [0.05, 0.1) is 5.56 Å². The van der Waals surface area contributed by atoms with Crippen LogP contribution in [0.25, 0.3) is 6.08 Å². The van der Waals surface area contributed by atoms with Crippen LogP contribution in [0.4, 0.5) is 0 Å². The smallest absolute Gasteiger partial charge is 0.232 e. The summed E-state index contributed by atoms with van der Waals surface area (Å²) in [7, 11) is 0. The van der Waals surface area contributed by atoms with Crippen LogP contribution >= 0.6 is 15.9 Å². The van der Waals surface area contributed by atoms with Gasteiger partial charge in [-0.15, -0.1) is 0 Å². The number of benzene rings is 2. The number of fused-ring (bicyclic) bond motifs is 1. The molecule has 0 aliphatic carbocycles. The Morgan fingerprint density at radius 2 is 1.65 bits per heavy atom. The highest BCUT2D eigenvalue weighted by atomic mass is 79.9. The minimum atomic E-state index is -0.0379. The summed E-state index contributed by atoms with van der Waals surface area (Å²) >= 11 is 3.39. The Morgan fingerprint density at radius 3 is 2.30 bits per heavy atom. The maximum absolute atomic E-state index is 12.4. The zero-order chi connectivity index (χ0) is 14.3. The lowest BCUT2D eigenvalue weighted by Gasteiger charge is -2.03. The summed E-state index contributed by atoms with van der Waals surface area (Å²) in [4.78, 5) is 12.4. The third-order valence-electron chi connectivity index (χ3n) is 3.39. The average Bonchev–Trinajstić information content (AvgIpc) is 2.76. The van der Waals surface area contributed by atoms with Crippen molar-refractivity contribution in [2.75, 3.05) is 0 Å². The number of Topliss-reactive ketones (excluding diaryl/α,β-unsaturated/α-hetero) is 1. The van der Waals surface area contributed by atoms with E-state index < -0.39 is 0 Å². The second kappa shape index (κ2) is 4.91. The Kier molecular flexibility index (Phi) is 3.22. The molecule has 20 heavy (non-hydrogen) atoms. The second-order valence-corrected chi connectivity index (χ2v) is 5.81. The van der Waals surface area contributed by atoms with Gasteiger partial charge in [-0.3, -0.25) is 4.79 Å². The largest absolute Gasteiger partial charge is 0.452 e. The minimum absolute atomic E-state index is 0.0379. The molecule has 0 saturated heterocycles. The standard InChI is InChI=1S/C17H13BrO2/c1-10-3-4-11(2)17-15(10)16(19)14(20-17)9-12-5-7-13(18)8-6-12/h3-9H,1-2H3/b14-9-. The van der Waals surface area contributed by atoms with Gasteiger partial charge in [0.1, 0.15) is 5.75 Å². The van der Waals surface area contributed by atoms with Gasteiger partial charge in [0.15, 0.2) is 5.76 Å². The Balaban J connectivity index is 2.04. The zero-order valence-corrected chi connectivity index (χ0v) is 12.8. The van der Waals surface area contributed by atoms with E-state index in [9.17, 15) is 4.79 Å². The van der Waals surface area contributed by atoms with Gasteiger partial charge in [-0.2, -0.15) is 0 Å². The number of allylic oxidation sites excluding steroid dienone is 1. The first-order valence-corrected chi connectivity index (χ1v) is 7.15. The molecule has 1 aliphatic heterocycles. The summed E-state index contributed by atoms with van der Waals surface area (Å²) in [5.41, 5.74) is 3.57. The molecule has 2 aromatic rings. The van der Waals surface area contributed by atoms with Crippen molar-refractivity contribution < 1.29 is 9.53 Å². The number of aryl methyl sites for hydroxylation is 2. The van der Waals surface area contributed by atoms with Crippen LogP contribution in [0.15, 0.2) is 46.6 Å². The van der Waals surface area contributed by atoms with E-state index in [-0.39, 0.29) is 5.78 Å². The molecule has 0 saturated carbocycles. The molecule has 1 aliphatic rings. The molecular formula is C17H13BrO2. The third kappa shape index (κ3) is 2.18. The van der Waals surface area contributed by atoms with E-state index >= 15 is 0 Å². The van der Waals surface area contributed by atoms with Crippen LogP contribution in [-0.2, 0) is 0 Å². The summed E-state index contributed by atoms with van der Waals surface area (Å²) in [5, 5.41) is 0. The van der Waals surface area contributed by atoms with Gasteiger partial charge in [0.25, 0.3) is 0 Å². The van der Waals surface area contributed by atoms with Crippen molar-refractivity contribution in [2.45, 2.75) is 13.8 Å². The maximum Gasteiger partial charge on any atom is 0.232 e. The monoisotopic (exact) mass is 328 g/mol. The molecule has 2 nitrogen and oxygen atoms in total. The molecule has 0 atom stereocenters. The molecule has 100 valence electrons. The summed E-state index contributed by atoms with van der Waals surface area (Å²) < 4.78 is 6.77. The molecule has 3 rings (SSSR count). The Hall–Kier alpha value is -1.87. The van der Waals surface area contributed by atoms with Gasteiger partial charge in [-0.25, -0.2) is 0 Å². The number of rotatable bonds is 1. The van der Waals surface area contributed by atoms with E-state index in [1.54, 1.807) is 6.08 Å². The molecule has 0 radical (unpaired) electrons. The SMILES string of the molecule is Cc1ccc(C)c2c1O/C(=C\c1ccc(Br)cc1)C2=O. The number of carbonyl (C=O) groups is 1.